The fourth-order valence-electron chi connectivity index (χ4n) is 3.89. The third kappa shape index (κ3) is 3.10. The molecule has 0 saturated carbocycles. The van der Waals surface area contributed by atoms with E-state index in [1.807, 2.05) is 18.5 Å². The summed E-state index contributed by atoms with van der Waals surface area (Å²) in [7, 11) is 0. The van der Waals surface area contributed by atoms with Gasteiger partial charge in [0, 0.05) is 31.4 Å². The maximum absolute atomic E-state index is 5.91. The number of morpholine rings is 1. The number of fused-ring (bicyclic) bond motifs is 3. The quantitative estimate of drug-likeness (QED) is 0.761. The largest absolute Gasteiger partial charge is 0.371 e. The van der Waals surface area contributed by atoms with Gasteiger partial charge in [0.2, 0.25) is 5.95 Å². The normalized spacial score (nSPS) is 22.0. The molecule has 2 atom stereocenters. The highest BCUT2D eigenvalue weighted by atomic mass is 16.5. The zero-order valence-corrected chi connectivity index (χ0v) is 15.5. The molecule has 0 amide bonds. The van der Waals surface area contributed by atoms with Gasteiger partial charge >= 0.3 is 0 Å². The summed E-state index contributed by atoms with van der Waals surface area (Å²) in [4.78, 5) is 20.3. The van der Waals surface area contributed by atoms with Gasteiger partial charge in [0.25, 0.3) is 0 Å². The minimum absolute atomic E-state index is 0.310. The molecular formula is C19H23N7O. The van der Waals surface area contributed by atoms with Crippen LogP contribution in [0.3, 0.4) is 0 Å². The van der Waals surface area contributed by atoms with Gasteiger partial charge in [-0.15, -0.1) is 0 Å². The number of nitrogens with zero attached hydrogens (tertiary/aromatic N) is 6. The van der Waals surface area contributed by atoms with E-state index in [9.17, 15) is 0 Å². The van der Waals surface area contributed by atoms with Crippen LogP contribution in [-0.2, 0) is 4.74 Å². The third-order valence-corrected chi connectivity index (χ3v) is 5.24. The lowest BCUT2D eigenvalue weighted by atomic mass is 10.2. The average Bonchev–Trinajstić information content (AvgIpc) is 3.24. The van der Waals surface area contributed by atoms with Crippen molar-refractivity contribution < 1.29 is 4.74 Å². The average molecular weight is 365 g/mol. The van der Waals surface area contributed by atoms with E-state index in [0.29, 0.717) is 18.2 Å². The topological polar surface area (TPSA) is 81.0 Å². The molecule has 2 bridgehead atoms. The van der Waals surface area contributed by atoms with Gasteiger partial charge in [-0.3, -0.25) is 0 Å². The molecule has 5 heterocycles. The molecule has 2 saturated heterocycles. The summed E-state index contributed by atoms with van der Waals surface area (Å²) in [5.74, 6) is 2.23. The Hall–Kier alpha value is -2.74. The van der Waals surface area contributed by atoms with Crippen LogP contribution in [0.2, 0.25) is 0 Å². The maximum Gasteiger partial charge on any atom is 0.227 e. The zero-order valence-electron chi connectivity index (χ0n) is 15.5. The Morgan fingerprint density at radius 3 is 2.70 bits per heavy atom. The van der Waals surface area contributed by atoms with E-state index in [0.717, 1.165) is 54.5 Å². The van der Waals surface area contributed by atoms with Gasteiger partial charge < -0.3 is 19.5 Å². The van der Waals surface area contributed by atoms with E-state index < -0.39 is 0 Å². The van der Waals surface area contributed by atoms with Crippen LogP contribution in [0.25, 0.3) is 11.0 Å². The number of anilines is 3. The fraction of sp³-hybridized carbons (Fsp3) is 0.474. The van der Waals surface area contributed by atoms with Crippen LogP contribution < -0.4 is 10.2 Å². The molecule has 0 aromatic carbocycles. The first-order chi connectivity index (χ1) is 13.2. The van der Waals surface area contributed by atoms with Gasteiger partial charge in [-0.1, -0.05) is 0 Å². The first-order valence-corrected chi connectivity index (χ1v) is 9.49. The molecule has 0 aliphatic carbocycles. The molecule has 140 valence electrons. The minimum atomic E-state index is 0.310. The number of pyridine rings is 1. The van der Waals surface area contributed by atoms with Crippen LogP contribution in [0, 0.1) is 0 Å². The predicted molar refractivity (Wildman–Crippen MR) is 103 cm³/mol. The van der Waals surface area contributed by atoms with Crippen molar-refractivity contribution in [3.8, 4) is 0 Å². The summed E-state index contributed by atoms with van der Waals surface area (Å²) in [6.45, 7) is 6.00. The standard InChI is InChI=1S/C19H23N7O/c1-12(2)26-11-22-15-8-21-18(7-16(15)26)23-17-5-6-20-19(24-17)25-9-13-3-4-14(10-25)27-13/h5-8,11-14H,3-4,9-10H2,1-2H3,(H,20,21,23,24). The Bertz CT molecular complexity index is 958. The van der Waals surface area contributed by atoms with Crippen molar-refractivity contribution in [2.24, 2.45) is 0 Å². The summed E-state index contributed by atoms with van der Waals surface area (Å²) in [6, 6.07) is 4.22. The highest BCUT2D eigenvalue weighted by molar-refractivity contribution is 5.78. The smallest absolute Gasteiger partial charge is 0.227 e. The van der Waals surface area contributed by atoms with Gasteiger partial charge in [0.1, 0.15) is 17.2 Å². The van der Waals surface area contributed by atoms with Crippen LogP contribution in [0.1, 0.15) is 32.7 Å². The maximum atomic E-state index is 5.91. The molecule has 8 nitrogen and oxygen atoms in total. The molecule has 0 spiro atoms. The molecule has 2 aliphatic heterocycles. The van der Waals surface area contributed by atoms with Crippen LogP contribution >= 0.6 is 0 Å². The summed E-state index contributed by atoms with van der Waals surface area (Å²) in [5, 5.41) is 3.31. The first-order valence-electron chi connectivity index (χ1n) is 9.49. The first kappa shape index (κ1) is 16.4. The Kier molecular flexibility index (Phi) is 3.93. The zero-order chi connectivity index (χ0) is 18.4. The second kappa shape index (κ2) is 6.45. The summed E-state index contributed by atoms with van der Waals surface area (Å²) in [6.07, 6.45) is 8.32. The molecule has 1 N–H and O–H groups in total. The van der Waals surface area contributed by atoms with Gasteiger partial charge in [0.05, 0.1) is 30.2 Å². The van der Waals surface area contributed by atoms with E-state index in [2.05, 4.69) is 43.6 Å². The molecule has 8 heteroatoms. The van der Waals surface area contributed by atoms with Crippen molar-refractivity contribution >= 4 is 28.6 Å². The van der Waals surface area contributed by atoms with Crippen molar-refractivity contribution in [3.63, 3.8) is 0 Å². The molecule has 2 fully saturated rings. The Labute approximate surface area is 157 Å². The van der Waals surface area contributed by atoms with E-state index >= 15 is 0 Å². The summed E-state index contributed by atoms with van der Waals surface area (Å²) in [5.41, 5.74) is 1.95. The van der Waals surface area contributed by atoms with Crippen LogP contribution in [0.15, 0.2) is 30.9 Å². The van der Waals surface area contributed by atoms with Crippen LogP contribution in [-0.4, -0.2) is 49.8 Å². The Morgan fingerprint density at radius 2 is 1.93 bits per heavy atom. The highest BCUT2D eigenvalue weighted by Crippen LogP contribution is 2.28. The number of hydrogen-bond acceptors (Lipinski definition) is 7. The second-order valence-corrected chi connectivity index (χ2v) is 7.53. The summed E-state index contributed by atoms with van der Waals surface area (Å²) >= 11 is 0. The van der Waals surface area contributed by atoms with Gasteiger partial charge in [0.15, 0.2) is 0 Å². The molecule has 0 radical (unpaired) electrons. The third-order valence-electron chi connectivity index (χ3n) is 5.24. The highest BCUT2D eigenvalue weighted by Gasteiger charge is 2.34. The number of ether oxygens (including phenoxy) is 1. The predicted octanol–water partition coefficient (Wildman–Crippen LogP) is 2.91. The molecule has 27 heavy (non-hydrogen) atoms. The Balaban J connectivity index is 1.39. The molecule has 3 aromatic heterocycles. The minimum Gasteiger partial charge on any atom is -0.371 e. The number of aromatic nitrogens is 5. The lowest BCUT2D eigenvalue weighted by Gasteiger charge is -2.32. The van der Waals surface area contributed by atoms with E-state index in [4.69, 9.17) is 9.72 Å². The summed E-state index contributed by atoms with van der Waals surface area (Å²) < 4.78 is 8.04. The van der Waals surface area contributed by atoms with Crippen molar-refractivity contribution in [2.75, 3.05) is 23.3 Å². The molecule has 5 rings (SSSR count). The lowest BCUT2D eigenvalue weighted by Crippen LogP contribution is -2.43. The van der Waals surface area contributed by atoms with Crippen molar-refractivity contribution in [1.82, 2.24) is 24.5 Å². The van der Waals surface area contributed by atoms with E-state index in [1.54, 1.807) is 12.4 Å². The number of hydrogen-bond donors (Lipinski definition) is 1. The SMILES string of the molecule is CC(C)n1cnc2cnc(Nc3ccnc(N4CC5CCC(C4)O5)n3)cc21. The number of nitrogens with one attached hydrogen (secondary N) is 1. The van der Waals surface area contributed by atoms with E-state index in [1.165, 1.54) is 0 Å². The van der Waals surface area contributed by atoms with Gasteiger partial charge in [-0.2, -0.15) is 4.98 Å². The van der Waals surface area contributed by atoms with Crippen LogP contribution in [0.4, 0.5) is 17.6 Å². The molecule has 3 aromatic rings. The van der Waals surface area contributed by atoms with Gasteiger partial charge in [-0.05, 0) is 32.8 Å². The molecule has 2 unspecified atom stereocenters. The van der Waals surface area contributed by atoms with Crippen molar-refractivity contribution in [2.45, 2.75) is 44.9 Å². The Morgan fingerprint density at radius 1 is 1.11 bits per heavy atom. The van der Waals surface area contributed by atoms with E-state index in [-0.39, 0.29) is 0 Å². The van der Waals surface area contributed by atoms with Crippen LogP contribution in [0.5, 0.6) is 0 Å². The van der Waals surface area contributed by atoms with Gasteiger partial charge in [-0.25, -0.2) is 15.0 Å². The second-order valence-electron chi connectivity index (χ2n) is 7.53. The fourth-order valence-corrected chi connectivity index (χ4v) is 3.89. The number of imidazole rings is 1. The number of rotatable bonds is 4. The molecular weight excluding hydrogens is 342 g/mol. The monoisotopic (exact) mass is 365 g/mol. The van der Waals surface area contributed by atoms with Crippen molar-refractivity contribution in [3.05, 3.63) is 30.9 Å². The lowest BCUT2D eigenvalue weighted by molar-refractivity contribution is 0.0299. The molecule has 2 aliphatic rings. The van der Waals surface area contributed by atoms with Crippen molar-refractivity contribution in [1.29, 1.82) is 0 Å².